The molecule has 2 rings (SSSR count). The van der Waals surface area contributed by atoms with Gasteiger partial charge in [0.05, 0.1) is 29.2 Å². The van der Waals surface area contributed by atoms with E-state index in [1.807, 2.05) is 13.0 Å². The largest absolute Gasteiger partial charge is 0.465 e. The molecule has 0 saturated carbocycles. The Morgan fingerprint density at radius 2 is 2.04 bits per heavy atom. The van der Waals surface area contributed by atoms with E-state index in [1.165, 1.54) is 7.11 Å². The number of halogens is 1. The Hall–Kier alpha value is -2.14. The lowest BCUT2D eigenvalue weighted by atomic mass is 10.0. The standard InChI is InChI=1S/C17H20ClN3O2/c1-9(2)14-15(10(3)6-7-19-14)21-16-12(17(22)23-5)8-13(18)11(4)20-16/h6-9H,1-5H3,(H,20,21). The Morgan fingerprint density at radius 1 is 1.35 bits per heavy atom. The molecule has 0 radical (unpaired) electrons. The number of aromatic nitrogens is 2. The Bertz CT molecular complexity index is 745. The second-order valence-electron chi connectivity index (χ2n) is 5.61. The number of hydrogen-bond acceptors (Lipinski definition) is 5. The zero-order valence-electron chi connectivity index (χ0n) is 13.9. The van der Waals surface area contributed by atoms with Gasteiger partial charge in [-0.25, -0.2) is 9.78 Å². The number of esters is 1. The van der Waals surface area contributed by atoms with Gasteiger partial charge in [0.15, 0.2) is 0 Å². The van der Waals surface area contributed by atoms with Crippen molar-refractivity contribution in [1.29, 1.82) is 0 Å². The number of anilines is 2. The lowest BCUT2D eigenvalue weighted by Crippen LogP contribution is -2.11. The highest BCUT2D eigenvalue weighted by Crippen LogP contribution is 2.30. The summed E-state index contributed by atoms with van der Waals surface area (Å²) >= 11 is 6.09. The summed E-state index contributed by atoms with van der Waals surface area (Å²) in [5, 5.41) is 3.66. The van der Waals surface area contributed by atoms with Crippen LogP contribution in [0.5, 0.6) is 0 Å². The number of hydrogen-bond donors (Lipinski definition) is 1. The number of carbonyl (C=O) groups excluding carboxylic acids is 1. The van der Waals surface area contributed by atoms with E-state index in [-0.39, 0.29) is 5.92 Å². The number of rotatable bonds is 4. The van der Waals surface area contributed by atoms with Crippen molar-refractivity contribution in [1.82, 2.24) is 9.97 Å². The number of carbonyl (C=O) groups is 1. The predicted octanol–water partition coefficient (Wildman–Crippen LogP) is 4.40. The van der Waals surface area contributed by atoms with Gasteiger partial charge in [-0.1, -0.05) is 25.4 Å². The fourth-order valence-corrected chi connectivity index (χ4v) is 2.39. The van der Waals surface area contributed by atoms with E-state index in [9.17, 15) is 4.79 Å². The second-order valence-corrected chi connectivity index (χ2v) is 6.02. The number of aryl methyl sites for hydroxylation is 2. The molecule has 0 aliphatic heterocycles. The lowest BCUT2D eigenvalue weighted by Gasteiger charge is -2.17. The smallest absolute Gasteiger partial charge is 0.341 e. The molecule has 0 spiro atoms. The summed E-state index contributed by atoms with van der Waals surface area (Å²) in [5.41, 5.74) is 3.71. The Labute approximate surface area is 141 Å². The first kappa shape index (κ1) is 17.2. The summed E-state index contributed by atoms with van der Waals surface area (Å²) in [6, 6.07) is 3.48. The van der Waals surface area contributed by atoms with Crippen LogP contribution in [0.2, 0.25) is 5.02 Å². The van der Waals surface area contributed by atoms with E-state index in [0.29, 0.717) is 22.1 Å². The fraction of sp³-hybridized carbons (Fsp3) is 0.353. The molecule has 0 bridgehead atoms. The third kappa shape index (κ3) is 3.62. The van der Waals surface area contributed by atoms with E-state index in [1.54, 1.807) is 19.2 Å². The lowest BCUT2D eigenvalue weighted by molar-refractivity contribution is 0.0601. The van der Waals surface area contributed by atoms with Gasteiger partial charge in [-0.3, -0.25) is 4.98 Å². The fourth-order valence-electron chi connectivity index (χ4n) is 2.24. The molecule has 0 fully saturated rings. The first-order chi connectivity index (χ1) is 10.8. The molecule has 23 heavy (non-hydrogen) atoms. The molecule has 2 heterocycles. The van der Waals surface area contributed by atoms with Crippen molar-refractivity contribution >= 4 is 29.1 Å². The Balaban J connectivity index is 2.57. The minimum absolute atomic E-state index is 0.229. The average Bonchev–Trinajstić information content (AvgIpc) is 2.51. The molecule has 0 aliphatic carbocycles. The highest BCUT2D eigenvalue weighted by Gasteiger charge is 2.19. The zero-order chi connectivity index (χ0) is 17.1. The molecule has 0 amide bonds. The van der Waals surface area contributed by atoms with Crippen LogP contribution in [-0.2, 0) is 4.74 Å². The van der Waals surface area contributed by atoms with Gasteiger partial charge in [-0.15, -0.1) is 0 Å². The van der Waals surface area contributed by atoms with Crippen LogP contribution in [0.25, 0.3) is 0 Å². The van der Waals surface area contributed by atoms with Crippen LogP contribution in [0.3, 0.4) is 0 Å². The highest BCUT2D eigenvalue weighted by atomic mass is 35.5. The molecule has 2 aromatic heterocycles. The zero-order valence-corrected chi connectivity index (χ0v) is 14.7. The third-order valence-corrected chi connectivity index (χ3v) is 3.92. The van der Waals surface area contributed by atoms with Crippen LogP contribution in [0, 0.1) is 13.8 Å². The normalized spacial score (nSPS) is 10.7. The van der Waals surface area contributed by atoms with Crippen LogP contribution in [-0.4, -0.2) is 23.0 Å². The van der Waals surface area contributed by atoms with Gasteiger partial charge in [-0.2, -0.15) is 0 Å². The molecular weight excluding hydrogens is 314 g/mol. The molecule has 1 N–H and O–H groups in total. The number of nitrogens with one attached hydrogen (secondary N) is 1. The van der Waals surface area contributed by atoms with Crippen molar-refractivity contribution in [2.24, 2.45) is 0 Å². The molecule has 5 nitrogen and oxygen atoms in total. The van der Waals surface area contributed by atoms with Gasteiger partial charge < -0.3 is 10.1 Å². The number of ether oxygens (including phenoxy) is 1. The molecule has 6 heteroatoms. The molecule has 2 aromatic rings. The summed E-state index contributed by atoms with van der Waals surface area (Å²) in [6.07, 6.45) is 1.78. The van der Waals surface area contributed by atoms with Crippen LogP contribution in [0.15, 0.2) is 18.3 Å². The monoisotopic (exact) mass is 333 g/mol. The summed E-state index contributed by atoms with van der Waals surface area (Å²) in [7, 11) is 1.33. The van der Waals surface area contributed by atoms with Gasteiger partial charge in [0, 0.05) is 6.20 Å². The van der Waals surface area contributed by atoms with Crippen molar-refractivity contribution in [3.63, 3.8) is 0 Å². The van der Waals surface area contributed by atoms with Gasteiger partial charge in [-0.05, 0) is 37.5 Å². The van der Waals surface area contributed by atoms with E-state index < -0.39 is 5.97 Å². The molecule has 0 atom stereocenters. The first-order valence-corrected chi connectivity index (χ1v) is 7.71. The molecule has 0 unspecified atom stereocenters. The Morgan fingerprint density at radius 3 is 2.65 bits per heavy atom. The van der Waals surface area contributed by atoms with Crippen molar-refractivity contribution in [3.05, 3.63) is 45.9 Å². The van der Waals surface area contributed by atoms with Gasteiger partial charge in [0.25, 0.3) is 0 Å². The van der Waals surface area contributed by atoms with E-state index in [0.717, 1.165) is 16.9 Å². The van der Waals surface area contributed by atoms with Crippen LogP contribution in [0.1, 0.15) is 47.1 Å². The van der Waals surface area contributed by atoms with E-state index >= 15 is 0 Å². The summed E-state index contributed by atoms with van der Waals surface area (Å²) in [5.74, 6) is 0.152. The predicted molar refractivity (Wildman–Crippen MR) is 91.7 cm³/mol. The minimum atomic E-state index is -0.491. The van der Waals surface area contributed by atoms with Crippen LogP contribution >= 0.6 is 11.6 Å². The van der Waals surface area contributed by atoms with Crippen molar-refractivity contribution in [2.45, 2.75) is 33.6 Å². The number of methoxy groups -OCH3 is 1. The molecule has 0 saturated heterocycles. The number of pyridine rings is 2. The summed E-state index contributed by atoms with van der Waals surface area (Å²) in [4.78, 5) is 20.9. The average molecular weight is 334 g/mol. The van der Waals surface area contributed by atoms with Crippen LogP contribution < -0.4 is 5.32 Å². The van der Waals surface area contributed by atoms with Gasteiger partial charge >= 0.3 is 5.97 Å². The summed E-state index contributed by atoms with van der Waals surface area (Å²) in [6.45, 7) is 7.90. The second kappa shape index (κ2) is 6.96. The van der Waals surface area contributed by atoms with Crippen molar-refractivity contribution < 1.29 is 9.53 Å². The van der Waals surface area contributed by atoms with Gasteiger partial charge in [0.1, 0.15) is 11.4 Å². The molecule has 122 valence electrons. The minimum Gasteiger partial charge on any atom is -0.465 e. The maximum Gasteiger partial charge on any atom is 0.341 e. The van der Waals surface area contributed by atoms with E-state index in [2.05, 4.69) is 29.1 Å². The van der Waals surface area contributed by atoms with Gasteiger partial charge in [0.2, 0.25) is 0 Å². The maximum absolute atomic E-state index is 12.0. The van der Waals surface area contributed by atoms with E-state index in [4.69, 9.17) is 16.3 Å². The molecule has 0 aliphatic rings. The molecule has 0 aromatic carbocycles. The topological polar surface area (TPSA) is 64.1 Å². The quantitative estimate of drug-likeness (QED) is 0.840. The van der Waals surface area contributed by atoms with Crippen LogP contribution in [0.4, 0.5) is 11.5 Å². The number of nitrogens with zero attached hydrogens (tertiary/aromatic N) is 2. The highest BCUT2D eigenvalue weighted by molar-refractivity contribution is 6.31. The Kier molecular flexibility index (Phi) is 5.21. The first-order valence-electron chi connectivity index (χ1n) is 7.33. The SMILES string of the molecule is COC(=O)c1cc(Cl)c(C)nc1Nc1c(C)ccnc1C(C)C. The maximum atomic E-state index is 12.0. The third-order valence-electron chi connectivity index (χ3n) is 3.54. The summed E-state index contributed by atoms with van der Waals surface area (Å²) < 4.78 is 4.82. The van der Waals surface area contributed by atoms with Crippen molar-refractivity contribution in [3.8, 4) is 0 Å². The van der Waals surface area contributed by atoms with Crippen molar-refractivity contribution in [2.75, 3.05) is 12.4 Å². The molecular formula is C17H20ClN3O2.